The summed E-state index contributed by atoms with van der Waals surface area (Å²) in [6.07, 6.45) is 0.915. The molecule has 1 aliphatic rings. The van der Waals surface area contributed by atoms with Crippen molar-refractivity contribution in [1.29, 1.82) is 10.5 Å². The van der Waals surface area contributed by atoms with Gasteiger partial charge in [0.05, 0.1) is 0 Å². The largest absolute Gasteiger partial charge is 0.346 e. The average Bonchev–Trinajstić information content (AvgIpc) is 3.00. The summed E-state index contributed by atoms with van der Waals surface area (Å²) in [5.41, 5.74) is 0. The summed E-state index contributed by atoms with van der Waals surface area (Å²) in [7, 11) is 0. The van der Waals surface area contributed by atoms with E-state index in [1.165, 1.54) is 22.7 Å². The van der Waals surface area contributed by atoms with Crippen LogP contribution in [0.2, 0.25) is 10.3 Å². The second-order valence-corrected chi connectivity index (χ2v) is 7.46. The number of rotatable bonds is 2. The Morgan fingerprint density at radius 2 is 1.26 bits per heavy atom. The molecule has 0 saturated carbocycles. The number of nitrogens with zero attached hydrogens (tertiary/aromatic N) is 6. The average molecular weight is 385 g/mol. The zero-order valence-electron chi connectivity index (χ0n) is 11.8. The van der Waals surface area contributed by atoms with Crippen molar-refractivity contribution in [3.8, 4) is 12.1 Å². The Labute approximate surface area is 151 Å². The number of halogens is 2. The van der Waals surface area contributed by atoms with Gasteiger partial charge in [0.25, 0.3) is 0 Å². The first kappa shape index (κ1) is 16.3. The van der Waals surface area contributed by atoms with E-state index in [9.17, 15) is 0 Å². The molecule has 0 radical (unpaired) electrons. The third kappa shape index (κ3) is 3.36. The fraction of sp³-hybridized carbons (Fsp3) is 0.385. The van der Waals surface area contributed by atoms with Crippen molar-refractivity contribution in [2.45, 2.75) is 6.42 Å². The number of nitriles is 2. The SMILES string of the molecule is N#Cc1sc(N2CCCN(c3nc(Cl)c(C#N)s3)CC2)nc1Cl. The highest BCUT2D eigenvalue weighted by Gasteiger charge is 2.22. The standard InChI is InChI=1S/C13H10Cl2N6S2/c14-10-8(6-16)22-12(18-10)20-2-1-3-21(5-4-20)13-19-11(15)9(7-17)23-13/h1-5H2. The minimum absolute atomic E-state index is 0.263. The summed E-state index contributed by atoms with van der Waals surface area (Å²) in [4.78, 5) is 13.7. The molecule has 0 atom stereocenters. The van der Waals surface area contributed by atoms with Crippen molar-refractivity contribution in [2.24, 2.45) is 0 Å². The molecular weight excluding hydrogens is 375 g/mol. The van der Waals surface area contributed by atoms with Gasteiger partial charge in [-0.05, 0) is 6.42 Å². The quantitative estimate of drug-likeness (QED) is 0.789. The highest BCUT2D eigenvalue weighted by Crippen LogP contribution is 2.32. The van der Waals surface area contributed by atoms with Crippen LogP contribution in [-0.2, 0) is 0 Å². The molecule has 1 aliphatic heterocycles. The van der Waals surface area contributed by atoms with Gasteiger partial charge in [0, 0.05) is 26.2 Å². The Morgan fingerprint density at radius 1 is 0.826 bits per heavy atom. The lowest BCUT2D eigenvalue weighted by molar-refractivity contribution is 0.803. The van der Waals surface area contributed by atoms with E-state index in [-0.39, 0.29) is 10.3 Å². The molecule has 0 spiro atoms. The van der Waals surface area contributed by atoms with Crippen molar-refractivity contribution in [1.82, 2.24) is 9.97 Å². The van der Waals surface area contributed by atoms with Crippen LogP contribution < -0.4 is 9.80 Å². The molecular formula is C13H10Cl2N6S2. The van der Waals surface area contributed by atoms with Crippen molar-refractivity contribution >= 4 is 56.1 Å². The molecule has 3 rings (SSSR count). The number of hydrogen-bond acceptors (Lipinski definition) is 8. The maximum atomic E-state index is 8.99. The van der Waals surface area contributed by atoms with E-state index in [0.29, 0.717) is 9.75 Å². The van der Waals surface area contributed by atoms with Gasteiger partial charge in [0.2, 0.25) is 0 Å². The molecule has 0 unspecified atom stereocenters. The van der Waals surface area contributed by atoms with E-state index in [4.69, 9.17) is 33.7 Å². The summed E-state index contributed by atoms with van der Waals surface area (Å²) in [5.74, 6) is 0. The Hall–Kier alpha value is -1.58. The highest BCUT2D eigenvalue weighted by atomic mass is 35.5. The monoisotopic (exact) mass is 384 g/mol. The lowest BCUT2D eigenvalue weighted by Crippen LogP contribution is -2.30. The second kappa shape index (κ2) is 6.90. The van der Waals surface area contributed by atoms with Crippen LogP contribution in [0.3, 0.4) is 0 Å². The molecule has 0 N–H and O–H groups in total. The zero-order valence-corrected chi connectivity index (χ0v) is 14.9. The van der Waals surface area contributed by atoms with Gasteiger partial charge in [0.15, 0.2) is 20.6 Å². The topological polar surface area (TPSA) is 79.8 Å². The van der Waals surface area contributed by atoms with Crippen LogP contribution >= 0.6 is 45.9 Å². The maximum Gasteiger partial charge on any atom is 0.188 e. The first-order valence-electron chi connectivity index (χ1n) is 6.75. The van der Waals surface area contributed by atoms with E-state index >= 15 is 0 Å². The van der Waals surface area contributed by atoms with Crippen molar-refractivity contribution in [2.75, 3.05) is 36.0 Å². The Kier molecular flexibility index (Phi) is 4.88. The summed E-state index contributed by atoms with van der Waals surface area (Å²) in [6, 6.07) is 4.11. The smallest absolute Gasteiger partial charge is 0.188 e. The van der Waals surface area contributed by atoms with Gasteiger partial charge in [-0.1, -0.05) is 45.9 Å². The van der Waals surface area contributed by atoms with Crippen molar-refractivity contribution in [3.63, 3.8) is 0 Å². The molecule has 0 bridgehead atoms. The predicted molar refractivity (Wildman–Crippen MR) is 92.7 cm³/mol. The zero-order chi connectivity index (χ0) is 16.4. The van der Waals surface area contributed by atoms with E-state index in [1.54, 1.807) is 0 Å². The van der Waals surface area contributed by atoms with E-state index in [1.807, 2.05) is 0 Å². The molecule has 0 aromatic carbocycles. The van der Waals surface area contributed by atoms with Crippen molar-refractivity contribution in [3.05, 3.63) is 20.1 Å². The summed E-state index contributed by atoms with van der Waals surface area (Å²) >= 11 is 14.5. The first-order chi connectivity index (χ1) is 11.1. The van der Waals surface area contributed by atoms with Crippen LogP contribution in [0.5, 0.6) is 0 Å². The normalized spacial score (nSPS) is 15.1. The Bertz CT molecular complexity index is 736. The molecule has 0 aliphatic carbocycles. The predicted octanol–water partition coefficient (Wildman–Crippen LogP) is 3.37. The minimum atomic E-state index is 0.263. The molecule has 1 saturated heterocycles. The Morgan fingerprint density at radius 3 is 1.61 bits per heavy atom. The lowest BCUT2D eigenvalue weighted by atomic mass is 10.4. The van der Waals surface area contributed by atoms with E-state index < -0.39 is 0 Å². The number of anilines is 2. The number of thiazole rings is 2. The molecule has 0 amide bonds. The van der Waals surface area contributed by atoms with Gasteiger partial charge < -0.3 is 9.80 Å². The van der Waals surface area contributed by atoms with Gasteiger partial charge in [0.1, 0.15) is 21.9 Å². The summed E-state index contributed by atoms with van der Waals surface area (Å²) in [5, 5.41) is 20.0. The highest BCUT2D eigenvalue weighted by molar-refractivity contribution is 7.17. The van der Waals surface area contributed by atoms with Crippen LogP contribution in [0.4, 0.5) is 10.3 Å². The molecule has 1 fully saturated rings. The molecule has 118 valence electrons. The van der Waals surface area contributed by atoms with Crippen LogP contribution in [0.1, 0.15) is 16.2 Å². The summed E-state index contributed by atoms with van der Waals surface area (Å²) < 4.78 is 0. The second-order valence-electron chi connectivity index (χ2n) is 4.78. The molecule has 2 aromatic heterocycles. The van der Waals surface area contributed by atoms with Gasteiger partial charge in [-0.15, -0.1) is 0 Å². The molecule has 3 heterocycles. The third-order valence-electron chi connectivity index (χ3n) is 3.39. The molecule has 23 heavy (non-hydrogen) atoms. The van der Waals surface area contributed by atoms with Crippen LogP contribution in [0.25, 0.3) is 0 Å². The fourth-order valence-electron chi connectivity index (χ4n) is 2.29. The van der Waals surface area contributed by atoms with Crippen LogP contribution in [0.15, 0.2) is 0 Å². The Balaban J connectivity index is 1.74. The van der Waals surface area contributed by atoms with Crippen LogP contribution in [-0.4, -0.2) is 36.1 Å². The summed E-state index contributed by atoms with van der Waals surface area (Å²) in [6.45, 7) is 3.15. The van der Waals surface area contributed by atoms with E-state index in [2.05, 4.69) is 31.9 Å². The van der Waals surface area contributed by atoms with Crippen LogP contribution in [0, 0.1) is 22.7 Å². The molecule has 10 heteroatoms. The minimum Gasteiger partial charge on any atom is -0.346 e. The third-order valence-corrected chi connectivity index (χ3v) is 6.20. The van der Waals surface area contributed by atoms with Gasteiger partial charge in [-0.25, -0.2) is 9.97 Å². The van der Waals surface area contributed by atoms with Gasteiger partial charge in [-0.2, -0.15) is 10.5 Å². The van der Waals surface area contributed by atoms with Gasteiger partial charge >= 0.3 is 0 Å². The van der Waals surface area contributed by atoms with Crippen molar-refractivity contribution < 1.29 is 0 Å². The fourth-order valence-corrected chi connectivity index (χ4v) is 4.48. The first-order valence-corrected chi connectivity index (χ1v) is 9.14. The number of aromatic nitrogens is 2. The van der Waals surface area contributed by atoms with E-state index in [0.717, 1.165) is 42.9 Å². The molecule has 6 nitrogen and oxygen atoms in total. The molecule has 2 aromatic rings. The lowest BCUT2D eigenvalue weighted by Gasteiger charge is -2.20. The van der Waals surface area contributed by atoms with Gasteiger partial charge in [-0.3, -0.25) is 0 Å². The maximum absolute atomic E-state index is 8.99. The number of hydrogen-bond donors (Lipinski definition) is 0.